The second-order valence-corrected chi connectivity index (χ2v) is 3.11. The van der Waals surface area contributed by atoms with Crippen LogP contribution in [-0.2, 0) is 0 Å². The Balaban J connectivity index is 2.98. The van der Waals surface area contributed by atoms with Gasteiger partial charge in [-0.05, 0) is 26.0 Å². The molecule has 1 heterocycles. The molecule has 0 radical (unpaired) electrons. The van der Waals surface area contributed by atoms with Crippen LogP contribution in [0.5, 0.6) is 0 Å². The average molecular weight is 192 g/mol. The van der Waals surface area contributed by atoms with Gasteiger partial charge < -0.3 is 4.90 Å². The summed E-state index contributed by atoms with van der Waals surface area (Å²) in [6, 6.07) is 5.55. The normalized spacial score (nSPS) is 9.93. The van der Waals surface area contributed by atoms with Gasteiger partial charge in [-0.15, -0.1) is 0 Å². The topological polar surface area (TPSA) is 33.2 Å². The van der Waals surface area contributed by atoms with Crippen molar-refractivity contribution in [2.24, 2.45) is 0 Å². The molecule has 0 N–H and O–H groups in total. The summed E-state index contributed by atoms with van der Waals surface area (Å²) in [6.07, 6.45) is 0. The lowest BCUT2D eigenvalue weighted by Crippen LogP contribution is -2.23. The number of carbonyl (C=O) groups excluding carboxylic acids is 1. The van der Waals surface area contributed by atoms with Crippen molar-refractivity contribution in [3.05, 3.63) is 23.9 Å². The van der Waals surface area contributed by atoms with E-state index in [1.54, 1.807) is 6.07 Å². The molecule has 3 heteroatoms. The molecule has 0 saturated heterocycles. The van der Waals surface area contributed by atoms with E-state index in [2.05, 4.69) is 23.7 Å². The fraction of sp³-hybridized carbons (Fsp3) is 0.455. The predicted molar refractivity (Wildman–Crippen MR) is 57.8 cm³/mol. The summed E-state index contributed by atoms with van der Waals surface area (Å²) in [7, 11) is 0. The highest BCUT2D eigenvalue weighted by molar-refractivity contribution is 5.92. The van der Waals surface area contributed by atoms with E-state index in [-0.39, 0.29) is 5.78 Å². The van der Waals surface area contributed by atoms with E-state index in [0.29, 0.717) is 5.69 Å². The van der Waals surface area contributed by atoms with E-state index in [0.717, 1.165) is 18.9 Å². The van der Waals surface area contributed by atoms with Gasteiger partial charge in [0.2, 0.25) is 0 Å². The maximum atomic E-state index is 11.1. The van der Waals surface area contributed by atoms with Gasteiger partial charge in [-0.1, -0.05) is 6.07 Å². The van der Waals surface area contributed by atoms with Crippen molar-refractivity contribution in [1.82, 2.24) is 4.98 Å². The molecule has 3 nitrogen and oxygen atoms in total. The number of carbonyl (C=O) groups is 1. The SMILES string of the molecule is CCN(CC)c1cccc(C(C)=O)n1. The highest BCUT2D eigenvalue weighted by Gasteiger charge is 2.06. The molecule has 0 aliphatic carbocycles. The van der Waals surface area contributed by atoms with Gasteiger partial charge in [0, 0.05) is 20.0 Å². The lowest BCUT2D eigenvalue weighted by atomic mass is 10.2. The van der Waals surface area contributed by atoms with E-state index in [4.69, 9.17) is 0 Å². The lowest BCUT2D eigenvalue weighted by molar-refractivity contribution is 0.101. The minimum absolute atomic E-state index is 0.0130. The first-order valence-electron chi connectivity index (χ1n) is 4.92. The molecule has 0 aromatic carbocycles. The first-order valence-corrected chi connectivity index (χ1v) is 4.92. The smallest absolute Gasteiger partial charge is 0.178 e. The van der Waals surface area contributed by atoms with E-state index >= 15 is 0 Å². The average Bonchev–Trinajstić information content (AvgIpc) is 2.20. The number of Topliss-reactive ketones (excluding diaryl/α,β-unsaturated/α-hetero) is 1. The Morgan fingerprint density at radius 1 is 1.36 bits per heavy atom. The summed E-state index contributed by atoms with van der Waals surface area (Å²) >= 11 is 0. The zero-order valence-corrected chi connectivity index (χ0v) is 8.95. The maximum absolute atomic E-state index is 11.1. The van der Waals surface area contributed by atoms with Crippen molar-refractivity contribution in [3.63, 3.8) is 0 Å². The minimum atomic E-state index is 0.0130. The van der Waals surface area contributed by atoms with Gasteiger partial charge in [-0.25, -0.2) is 4.98 Å². The summed E-state index contributed by atoms with van der Waals surface area (Å²) in [5.41, 5.74) is 0.536. The van der Waals surface area contributed by atoms with Crippen molar-refractivity contribution in [2.75, 3.05) is 18.0 Å². The molecular weight excluding hydrogens is 176 g/mol. The predicted octanol–water partition coefficient (Wildman–Crippen LogP) is 2.13. The van der Waals surface area contributed by atoms with Crippen LogP contribution < -0.4 is 4.90 Å². The second-order valence-electron chi connectivity index (χ2n) is 3.11. The molecule has 0 bridgehead atoms. The van der Waals surface area contributed by atoms with Crippen LogP contribution in [0.2, 0.25) is 0 Å². The molecule has 0 aliphatic heterocycles. The van der Waals surface area contributed by atoms with Crippen LogP contribution in [0.1, 0.15) is 31.3 Å². The molecule has 0 amide bonds. The number of anilines is 1. The third-order valence-corrected chi connectivity index (χ3v) is 2.18. The maximum Gasteiger partial charge on any atom is 0.178 e. The third-order valence-electron chi connectivity index (χ3n) is 2.18. The Hall–Kier alpha value is -1.38. The van der Waals surface area contributed by atoms with Crippen LogP contribution in [0.15, 0.2) is 18.2 Å². The zero-order chi connectivity index (χ0) is 10.6. The van der Waals surface area contributed by atoms with Crippen molar-refractivity contribution >= 4 is 11.6 Å². The van der Waals surface area contributed by atoms with Crippen LogP contribution in [0.3, 0.4) is 0 Å². The van der Waals surface area contributed by atoms with Gasteiger partial charge in [-0.2, -0.15) is 0 Å². The molecule has 0 atom stereocenters. The molecule has 0 spiro atoms. The first kappa shape index (κ1) is 10.7. The van der Waals surface area contributed by atoms with Crippen molar-refractivity contribution in [2.45, 2.75) is 20.8 Å². The highest BCUT2D eigenvalue weighted by Crippen LogP contribution is 2.10. The van der Waals surface area contributed by atoms with E-state index in [9.17, 15) is 4.79 Å². The summed E-state index contributed by atoms with van der Waals surface area (Å²) in [5, 5.41) is 0. The van der Waals surface area contributed by atoms with Crippen LogP contribution in [0.25, 0.3) is 0 Å². The van der Waals surface area contributed by atoms with Gasteiger partial charge in [0.05, 0.1) is 0 Å². The molecule has 1 aromatic heterocycles. The summed E-state index contributed by atoms with van der Waals surface area (Å²) in [4.78, 5) is 17.5. The summed E-state index contributed by atoms with van der Waals surface area (Å²) in [6.45, 7) is 7.50. The number of ketones is 1. The molecule has 14 heavy (non-hydrogen) atoms. The van der Waals surface area contributed by atoms with Crippen LogP contribution in [0, 0.1) is 0 Å². The molecule has 0 aliphatic rings. The van der Waals surface area contributed by atoms with E-state index in [1.807, 2.05) is 12.1 Å². The van der Waals surface area contributed by atoms with Crippen molar-refractivity contribution in [3.8, 4) is 0 Å². The Morgan fingerprint density at radius 2 is 2.00 bits per heavy atom. The monoisotopic (exact) mass is 192 g/mol. The molecule has 0 fully saturated rings. The lowest BCUT2D eigenvalue weighted by Gasteiger charge is -2.19. The number of rotatable bonds is 4. The third kappa shape index (κ3) is 2.31. The van der Waals surface area contributed by atoms with E-state index < -0.39 is 0 Å². The first-order chi connectivity index (χ1) is 6.69. The van der Waals surface area contributed by atoms with Crippen LogP contribution in [-0.4, -0.2) is 23.9 Å². The number of pyridine rings is 1. The van der Waals surface area contributed by atoms with Crippen LogP contribution in [0.4, 0.5) is 5.82 Å². The quantitative estimate of drug-likeness (QED) is 0.685. The van der Waals surface area contributed by atoms with E-state index in [1.165, 1.54) is 6.92 Å². The van der Waals surface area contributed by atoms with Gasteiger partial charge in [0.15, 0.2) is 5.78 Å². The largest absolute Gasteiger partial charge is 0.357 e. The molecule has 76 valence electrons. The van der Waals surface area contributed by atoms with Crippen molar-refractivity contribution in [1.29, 1.82) is 0 Å². The molecule has 1 rings (SSSR count). The van der Waals surface area contributed by atoms with Gasteiger partial charge >= 0.3 is 0 Å². The number of nitrogens with zero attached hydrogens (tertiary/aromatic N) is 2. The molecule has 1 aromatic rings. The number of hydrogen-bond acceptors (Lipinski definition) is 3. The Labute approximate surface area is 84.8 Å². The van der Waals surface area contributed by atoms with Gasteiger partial charge in [0.25, 0.3) is 0 Å². The van der Waals surface area contributed by atoms with Gasteiger partial charge in [-0.3, -0.25) is 4.79 Å². The molecule has 0 unspecified atom stereocenters. The fourth-order valence-electron chi connectivity index (χ4n) is 1.34. The standard InChI is InChI=1S/C11H16N2O/c1-4-13(5-2)11-8-6-7-10(12-11)9(3)14/h6-8H,4-5H2,1-3H3. The fourth-order valence-corrected chi connectivity index (χ4v) is 1.34. The Morgan fingerprint density at radius 3 is 2.50 bits per heavy atom. The Bertz CT molecular complexity index is 319. The van der Waals surface area contributed by atoms with Gasteiger partial charge in [0.1, 0.15) is 11.5 Å². The minimum Gasteiger partial charge on any atom is -0.357 e. The second kappa shape index (κ2) is 4.74. The summed E-state index contributed by atoms with van der Waals surface area (Å²) < 4.78 is 0. The summed E-state index contributed by atoms with van der Waals surface area (Å²) in [5.74, 6) is 0.890. The number of hydrogen-bond donors (Lipinski definition) is 0. The zero-order valence-electron chi connectivity index (χ0n) is 8.95. The Kier molecular flexibility index (Phi) is 3.63. The van der Waals surface area contributed by atoms with Crippen LogP contribution >= 0.6 is 0 Å². The highest BCUT2D eigenvalue weighted by atomic mass is 16.1. The number of aromatic nitrogens is 1. The molecular formula is C11H16N2O. The van der Waals surface area contributed by atoms with Crippen molar-refractivity contribution < 1.29 is 4.79 Å². The molecule has 0 saturated carbocycles.